The fraction of sp³-hybridized carbons (Fsp3) is 0.143. The number of carboxylic acids is 1. The fourth-order valence-corrected chi connectivity index (χ4v) is 1.28. The van der Waals surface area contributed by atoms with Crippen LogP contribution in [0.3, 0.4) is 0 Å². The minimum atomic E-state index is -1.14. The monoisotopic (exact) mass is 220 g/mol. The largest absolute Gasteiger partial charge is 0.480 e. The number of pyridine rings is 1. The minimum Gasteiger partial charge on any atom is -0.480 e. The van der Waals surface area contributed by atoms with Crippen molar-refractivity contribution in [2.45, 2.75) is 6.04 Å². The second-order valence-corrected chi connectivity index (χ2v) is 3.14. The third-order valence-electron chi connectivity index (χ3n) is 1.41. The van der Waals surface area contributed by atoms with Crippen molar-refractivity contribution >= 4 is 29.2 Å². The third kappa shape index (κ3) is 2.55. The van der Waals surface area contributed by atoms with E-state index >= 15 is 0 Å². The Morgan fingerprint density at radius 2 is 1.92 bits per heavy atom. The van der Waals surface area contributed by atoms with Gasteiger partial charge in [-0.25, -0.2) is 4.98 Å². The molecule has 0 aliphatic carbocycles. The Morgan fingerprint density at radius 3 is 2.31 bits per heavy atom. The van der Waals surface area contributed by atoms with Crippen LogP contribution in [-0.4, -0.2) is 16.1 Å². The highest BCUT2D eigenvalue weighted by molar-refractivity contribution is 6.32. The highest BCUT2D eigenvalue weighted by Gasteiger charge is 2.15. The Balaban J connectivity index is 3.07. The second kappa shape index (κ2) is 3.91. The van der Waals surface area contributed by atoms with Gasteiger partial charge in [0.2, 0.25) is 0 Å². The number of halogens is 2. The average Bonchev–Trinajstić information content (AvgIpc) is 2.01. The quantitative estimate of drug-likeness (QED) is 0.741. The summed E-state index contributed by atoms with van der Waals surface area (Å²) >= 11 is 11.1. The molecular weight excluding hydrogens is 215 g/mol. The molecule has 4 nitrogen and oxygen atoms in total. The van der Waals surface area contributed by atoms with Crippen LogP contribution in [0.25, 0.3) is 0 Å². The normalized spacial score (nSPS) is 12.5. The molecule has 0 radical (unpaired) electrons. The number of aliphatic carboxylic acids is 1. The van der Waals surface area contributed by atoms with Crippen LogP contribution in [0.2, 0.25) is 10.3 Å². The number of nitrogens with two attached hydrogens (primary N) is 1. The van der Waals surface area contributed by atoms with Crippen LogP contribution in [-0.2, 0) is 4.79 Å². The van der Waals surface area contributed by atoms with E-state index in [-0.39, 0.29) is 10.3 Å². The van der Waals surface area contributed by atoms with Crippen molar-refractivity contribution in [3.8, 4) is 0 Å². The van der Waals surface area contributed by atoms with E-state index in [9.17, 15) is 4.79 Å². The first-order chi connectivity index (χ1) is 6.00. The van der Waals surface area contributed by atoms with Crippen LogP contribution < -0.4 is 5.73 Å². The second-order valence-electron chi connectivity index (χ2n) is 2.36. The van der Waals surface area contributed by atoms with Crippen molar-refractivity contribution < 1.29 is 9.90 Å². The summed E-state index contributed by atoms with van der Waals surface area (Å²) in [6.07, 6.45) is 0. The van der Waals surface area contributed by atoms with Gasteiger partial charge in [-0.2, -0.15) is 0 Å². The molecule has 0 aliphatic rings. The average molecular weight is 221 g/mol. The van der Waals surface area contributed by atoms with Crippen molar-refractivity contribution in [1.82, 2.24) is 4.98 Å². The molecule has 1 unspecified atom stereocenters. The number of aromatic nitrogens is 1. The standard InChI is InChI=1S/C7H6Cl2N2O2/c8-4-1-3(2-5(9)11-4)6(10)7(12)13/h1-2,6H,10H2,(H,12,13). The summed E-state index contributed by atoms with van der Waals surface area (Å²) in [5.74, 6) is -1.14. The first kappa shape index (κ1) is 10.2. The van der Waals surface area contributed by atoms with Gasteiger partial charge in [0.1, 0.15) is 16.3 Å². The van der Waals surface area contributed by atoms with E-state index in [1.807, 2.05) is 0 Å². The van der Waals surface area contributed by atoms with Crippen LogP contribution in [0, 0.1) is 0 Å². The van der Waals surface area contributed by atoms with Crippen molar-refractivity contribution in [3.05, 3.63) is 28.0 Å². The summed E-state index contributed by atoms with van der Waals surface area (Å²) in [6, 6.07) is 1.61. The summed E-state index contributed by atoms with van der Waals surface area (Å²) in [4.78, 5) is 14.1. The van der Waals surface area contributed by atoms with Gasteiger partial charge in [0.05, 0.1) is 0 Å². The van der Waals surface area contributed by atoms with Gasteiger partial charge in [-0.15, -0.1) is 0 Å². The van der Waals surface area contributed by atoms with E-state index in [1.165, 1.54) is 12.1 Å². The van der Waals surface area contributed by atoms with E-state index < -0.39 is 12.0 Å². The minimum absolute atomic E-state index is 0.124. The maximum Gasteiger partial charge on any atom is 0.325 e. The van der Waals surface area contributed by atoms with Crippen LogP contribution in [0.5, 0.6) is 0 Å². The molecule has 1 aromatic rings. The topological polar surface area (TPSA) is 76.2 Å². The van der Waals surface area contributed by atoms with E-state index in [4.69, 9.17) is 34.0 Å². The summed E-state index contributed by atoms with van der Waals surface area (Å²) in [7, 11) is 0. The summed E-state index contributed by atoms with van der Waals surface area (Å²) in [5.41, 5.74) is 5.66. The van der Waals surface area contributed by atoms with E-state index in [2.05, 4.69) is 4.98 Å². The lowest BCUT2D eigenvalue weighted by atomic mass is 10.1. The molecule has 0 saturated carbocycles. The molecule has 0 bridgehead atoms. The molecule has 13 heavy (non-hydrogen) atoms. The zero-order chi connectivity index (χ0) is 10.0. The summed E-state index contributed by atoms with van der Waals surface area (Å²) < 4.78 is 0. The predicted molar refractivity (Wildman–Crippen MR) is 48.8 cm³/mol. The molecular formula is C7H6Cl2N2O2. The first-order valence-electron chi connectivity index (χ1n) is 3.32. The van der Waals surface area contributed by atoms with Gasteiger partial charge in [-0.1, -0.05) is 23.2 Å². The van der Waals surface area contributed by atoms with Crippen LogP contribution in [0.4, 0.5) is 0 Å². The Labute approximate surface area is 84.3 Å². The van der Waals surface area contributed by atoms with E-state index in [1.54, 1.807) is 0 Å². The molecule has 0 aliphatic heterocycles. The Hall–Kier alpha value is -0.840. The predicted octanol–water partition coefficient (Wildman–Crippen LogP) is 1.47. The first-order valence-corrected chi connectivity index (χ1v) is 4.07. The zero-order valence-electron chi connectivity index (χ0n) is 6.37. The molecule has 1 aromatic heterocycles. The van der Waals surface area contributed by atoms with E-state index in [0.29, 0.717) is 5.56 Å². The number of rotatable bonds is 2. The molecule has 3 N–H and O–H groups in total. The molecule has 6 heteroatoms. The van der Waals surface area contributed by atoms with Gasteiger partial charge in [-0.3, -0.25) is 4.79 Å². The fourth-order valence-electron chi connectivity index (χ4n) is 0.805. The lowest BCUT2D eigenvalue weighted by Gasteiger charge is -2.06. The van der Waals surface area contributed by atoms with Crippen molar-refractivity contribution in [3.63, 3.8) is 0 Å². The van der Waals surface area contributed by atoms with Crippen LogP contribution in [0.1, 0.15) is 11.6 Å². The molecule has 1 heterocycles. The lowest BCUT2D eigenvalue weighted by Crippen LogP contribution is -2.20. The smallest absolute Gasteiger partial charge is 0.325 e. The van der Waals surface area contributed by atoms with Gasteiger partial charge in [0.15, 0.2) is 0 Å². The molecule has 0 saturated heterocycles. The van der Waals surface area contributed by atoms with Crippen LogP contribution in [0.15, 0.2) is 12.1 Å². The third-order valence-corrected chi connectivity index (χ3v) is 1.80. The highest BCUT2D eigenvalue weighted by atomic mass is 35.5. The number of hydrogen-bond donors (Lipinski definition) is 2. The van der Waals surface area contributed by atoms with Crippen molar-refractivity contribution in [2.75, 3.05) is 0 Å². The van der Waals surface area contributed by atoms with Gasteiger partial charge < -0.3 is 10.8 Å². The SMILES string of the molecule is NC(C(=O)O)c1cc(Cl)nc(Cl)c1. The maximum absolute atomic E-state index is 10.5. The highest BCUT2D eigenvalue weighted by Crippen LogP contribution is 2.19. The van der Waals surface area contributed by atoms with Gasteiger partial charge in [0.25, 0.3) is 0 Å². The summed E-state index contributed by atoms with van der Waals surface area (Å²) in [5, 5.41) is 8.83. The Kier molecular flexibility index (Phi) is 3.08. The van der Waals surface area contributed by atoms with Gasteiger partial charge in [-0.05, 0) is 17.7 Å². The van der Waals surface area contributed by atoms with Crippen molar-refractivity contribution in [1.29, 1.82) is 0 Å². The Bertz CT molecular complexity index is 323. The molecule has 70 valence electrons. The number of nitrogens with zero attached hydrogens (tertiary/aromatic N) is 1. The molecule has 0 spiro atoms. The van der Waals surface area contributed by atoms with Crippen molar-refractivity contribution in [2.24, 2.45) is 5.73 Å². The number of carboxylic acid groups (broad SMARTS) is 1. The number of hydrogen-bond acceptors (Lipinski definition) is 3. The molecule has 0 aromatic carbocycles. The Morgan fingerprint density at radius 1 is 1.46 bits per heavy atom. The zero-order valence-corrected chi connectivity index (χ0v) is 7.88. The maximum atomic E-state index is 10.5. The van der Waals surface area contributed by atoms with Crippen LogP contribution >= 0.6 is 23.2 Å². The van der Waals surface area contributed by atoms with Gasteiger partial charge in [0, 0.05) is 0 Å². The number of carbonyl (C=O) groups is 1. The molecule has 1 atom stereocenters. The lowest BCUT2D eigenvalue weighted by molar-refractivity contribution is -0.138. The van der Waals surface area contributed by atoms with Gasteiger partial charge >= 0.3 is 5.97 Å². The molecule has 0 amide bonds. The summed E-state index contributed by atoms with van der Waals surface area (Å²) in [6.45, 7) is 0. The molecule has 0 fully saturated rings. The molecule has 1 rings (SSSR count). The van der Waals surface area contributed by atoms with E-state index in [0.717, 1.165) is 0 Å².